The Morgan fingerprint density at radius 2 is 1.68 bits per heavy atom. The number of esters is 1. The van der Waals surface area contributed by atoms with E-state index < -0.39 is 18.0 Å². The van der Waals surface area contributed by atoms with Gasteiger partial charge in [0.2, 0.25) is 0 Å². The Balaban J connectivity index is 1.73. The largest absolute Gasteiger partial charge is 0.507 e. The molecule has 28 heavy (non-hydrogen) atoms. The summed E-state index contributed by atoms with van der Waals surface area (Å²) in [6, 6.07) is 21.0. The highest BCUT2D eigenvalue weighted by Gasteiger charge is 2.22. The smallest absolute Gasteiger partial charge is 0.342 e. The van der Waals surface area contributed by atoms with E-state index in [9.17, 15) is 14.7 Å². The van der Waals surface area contributed by atoms with Gasteiger partial charge in [0.15, 0.2) is 6.10 Å². The summed E-state index contributed by atoms with van der Waals surface area (Å²) in [5, 5.41) is 12.9. The van der Waals surface area contributed by atoms with Gasteiger partial charge in [-0.05, 0) is 36.8 Å². The monoisotopic (exact) mass is 395 g/mol. The fourth-order valence-corrected chi connectivity index (χ4v) is 2.82. The maximum absolute atomic E-state index is 12.5. The highest BCUT2D eigenvalue weighted by Crippen LogP contribution is 2.28. The lowest BCUT2D eigenvalue weighted by atomic mass is 10.0. The van der Waals surface area contributed by atoms with Crippen LogP contribution < -0.4 is 5.32 Å². The topological polar surface area (TPSA) is 75.6 Å². The number of carbonyl (C=O) groups excluding carboxylic acids is 2. The number of ether oxygens (including phenoxy) is 1. The summed E-state index contributed by atoms with van der Waals surface area (Å²) in [5.41, 5.74) is 2.30. The summed E-state index contributed by atoms with van der Waals surface area (Å²) >= 11 is 5.84. The molecular formula is C22H18ClNO4. The van der Waals surface area contributed by atoms with Crippen LogP contribution in [0, 0.1) is 0 Å². The average Bonchev–Trinajstić information content (AvgIpc) is 2.70. The summed E-state index contributed by atoms with van der Waals surface area (Å²) < 4.78 is 5.18. The van der Waals surface area contributed by atoms with Crippen LogP contribution in [0.3, 0.4) is 0 Å². The van der Waals surface area contributed by atoms with Gasteiger partial charge in [0.05, 0.1) is 0 Å². The molecule has 0 spiro atoms. The first-order chi connectivity index (χ1) is 13.5. The van der Waals surface area contributed by atoms with E-state index in [0.29, 0.717) is 5.69 Å². The van der Waals surface area contributed by atoms with Crippen molar-refractivity contribution < 1.29 is 19.4 Å². The third-order valence-electron chi connectivity index (χ3n) is 4.10. The number of nitrogens with one attached hydrogen (secondary N) is 1. The molecule has 0 aromatic heterocycles. The Morgan fingerprint density at radius 3 is 2.43 bits per heavy atom. The quantitative estimate of drug-likeness (QED) is 0.602. The van der Waals surface area contributed by atoms with Gasteiger partial charge in [-0.1, -0.05) is 60.1 Å². The fraction of sp³-hybridized carbons (Fsp3) is 0.0909. The van der Waals surface area contributed by atoms with E-state index in [4.69, 9.17) is 16.3 Å². The van der Waals surface area contributed by atoms with E-state index in [2.05, 4.69) is 5.32 Å². The molecule has 6 heteroatoms. The third-order valence-corrected chi connectivity index (χ3v) is 4.34. The molecule has 0 saturated carbocycles. The number of carbonyl (C=O) groups is 2. The van der Waals surface area contributed by atoms with Crippen molar-refractivity contribution in [3.05, 3.63) is 83.4 Å². The minimum atomic E-state index is -1.07. The standard InChI is InChI=1S/C22H18ClNO4/c1-14(28-22(27)18-13-16(23)11-12-20(18)25)21(26)24-19-10-6-5-9-17(19)15-7-3-2-4-8-15/h2-14,25H,1H3,(H,24,26)/t14-/m0/s1. The van der Waals surface area contributed by atoms with Crippen molar-refractivity contribution in [1.82, 2.24) is 0 Å². The Labute approximate surface area is 167 Å². The number of hydrogen-bond acceptors (Lipinski definition) is 4. The number of phenols is 1. The van der Waals surface area contributed by atoms with Crippen LogP contribution in [0.4, 0.5) is 5.69 Å². The van der Waals surface area contributed by atoms with Gasteiger partial charge in [-0.3, -0.25) is 4.79 Å². The molecule has 142 valence electrons. The summed E-state index contributed by atoms with van der Waals surface area (Å²) in [4.78, 5) is 24.8. The van der Waals surface area contributed by atoms with Gasteiger partial charge in [-0.2, -0.15) is 0 Å². The zero-order chi connectivity index (χ0) is 20.1. The lowest BCUT2D eigenvalue weighted by Crippen LogP contribution is -2.30. The van der Waals surface area contributed by atoms with Crippen LogP contribution in [-0.2, 0) is 9.53 Å². The molecule has 0 bridgehead atoms. The van der Waals surface area contributed by atoms with Gasteiger partial charge >= 0.3 is 5.97 Å². The zero-order valence-electron chi connectivity index (χ0n) is 15.1. The molecule has 2 N–H and O–H groups in total. The van der Waals surface area contributed by atoms with Crippen LogP contribution in [0.15, 0.2) is 72.8 Å². The molecule has 3 aromatic rings. The second kappa shape index (κ2) is 8.59. The Kier molecular flexibility index (Phi) is 5.96. The molecule has 0 aliphatic carbocycles. The molecule has 5 nitrogen and oxygen atoms in total. The molecule has 0 radical (unpaired) electrons. The van der Waals surface area contributed by atoms with Gasteiger partial charge in [0.1, 0.15) is 11.3 Å². The molecule has 3 aromatic carbocycles. The molecule has 0 aliphatic heterocycles. The predicted molar refractivity (Wildman–Crippen MR) is 109 cm³/mol. The number of aromatic hydroxyl groups is 1. The number of anilines is 1. The molecule has 3 rings (SSSR count). The third kappa shape index (κ3) is 4.50. The van der Waals surface area contributed by atoms with Gasteiger partial charge in [-0.25, -0.2) is 4.79 Å². The predicted octanol–water partition coefficient (Wildman–Crippen LogP) is 4.90. The van der Waals surface area contributed by atoms with Gasteiger partial charge in [-0.15, -0.1) is 0 Å². The van der Waals surface area contributed by atoms with Crippen molar-refractivity contribution in [3.63, 3.8) is 0 Å². The van der Waals surface area contributed by atoms with Gasteiger partial charge in [0.25, 0.3) is 5.91 Å². The Bertz CT molecular complexity index is 1000. The molecule has 0 unspecified atom stereocenters. The molecular weight excluding hydrogens is 378 g/mol. The average molecular weight is 396 g/mol. The Hall–Kier alpha value is -3.31. The van der Waals surface area contributed by atoms with E-state index in [0.717, 1.165) is 11.1 Å². The van der Waals surface area contributed by atoms with E-state index in [1.165, 1.54) is 25.1 Å². The van der Waals surface area contributed by atoms with Crippen molar-refractivity contribution >= 4 is 29.2 Å². The van der Waals surface area contributed by atoms with Crippen molar-refractivity contribution in [3.8, 4) is 16.9 Å². The molecule has 0 saturated heterocycles. The van der Waals surface area contributed by atoms with Crippen molar-refractivity contribution in [2.24, 2.45) is 0 Å². The number of benzene rings is 3. The van der Waals surface area contributed by atoms with Crippen LogP contribution >= 0.6 is 11.6 Å². The maximum Gasteiger partial charge on any atom is 0.342 e. The normalized spacial score (nSPS) is 11.5. The molecule has 0 heterocycles. The van der Waals surface area contributed by atoms with E-state index in [1.54, 1.807) is 6.07 Å². The van der Waals surface area contributed by atoms with Crippen molar-refractivity contribution in [2.45, 2.75) is 13.0 Å². The lowest BCUT2D eigenvalue weighted by molar-refractivity contribution is -0.123. The number of halogens is 1. The summed E-state index contributed by atoms with van der Waals surface area (Å²) in [6.07, 6.45) is -1.07. The first kappa shape index (κ1) is 19.5. The highest BCUT2D eigenvalue weighted by molar-refractivity contribution is 6.31. The zero-order valence-corrected chi connectivity index (χ0v) is 15.8. The van der Waals surface area contributed by atoms with Crippen LogP contribution in [0.25, 0.3) is 11.1 Å². The van der Waals surface area contributed by atoms with Crippen LogP contribution in [0.1, 0.15) is 17.3 Å². The molecule has 1 amide bonds. The number of hydrogen-bond donors (Lipinski definition) is 2. The van der Waals surface area contributed by atoms with Crippen LogP contribution in [0.5, 0.6) is 5.75 Å². The lowest BCUT2D eigenvalue weighted by Gasteiger charge is -2.16. The van der Waals surface area contributed by atoms with E-state index in [1.807, 2.05) is 48.5 Å². The number of rotatable bonds is 5. The fourth-order valence-electron chi connectivity index (χ4n) is 2.65. The number of phenolic OH excluding ortho intramolecular Hbond substituents is 1. The summed E-state index contributed by atoms with van der Waals surface area (Å²) in [7, 11) is 0. The second-order valence-electron chi connectivity index (χ2n) is 6.11. The van der Waals surface area contributed by atoms with E-state index >= 15 is 0 Å². The minimum absolute atomic E-state index is 0.100. The van der Waals surface area contributed by atoms with Gasteiger partial charge in [0, 0.05) is 16.3 Å². The van der Waals surface area contributed by atoms with E-state index in [-0.39, 0.29) is 16.3 Å². The van der Waals surface area contributed by atoms with Crippen LogP contribution in [0.2, 0.25) is 5.02 Å². The first-order valence-corrected chi connectivity index (χ1v) is 8.98. The van der Waals surface area contributed by atoms with Crippen molar-refractivity contribution in [2.75, 3.05) is 5.32 Å². The minimum Gasteiger partial charge on any atom is -0.507 e. The SMILES string of the molecule is C[C@H](OC(=O)c1cc(Cl)ccc1O)C(=O)Nc1ccccc1-c1ccccc1. The number of amides is 1. The van der Waals surface area contributed by atoms with Crippen molar-refractivity contribution in [1.29, 1.82) is 0 Å². The maximum atomic E-state index is 12.5. The molecule has 0 aliphatic rings. The molecule has 0 fully saturated rings. The number of para-hydroxylation sites is 1. The highest BCUT2D eigenvalue weighted by atomic mass is 35.5. The first-order valence-electron chi connectivity index (χ1n) is 8.60. The Morgan fingerprint density at radius 1 is 1.00 bits per heavy atom. The summed E-state index contributed by atoms with van der Waals surface area (Å²) in [6.45, 7) is 1.46. The van der Waals surface area contributed by atoms with Crippen LogP contribution in [-0.4, -0.2) is 23.1 Å². The summed E-state index contributed by atoms with van der Waals surface area (Å²) in [5.74, 6) is -1.59. The van der Waals surface area contributed by atoms with Gasteiger partial charge < -0.3 is 15.2 Å². The second-order valence-corrected chi connectivity index (χ2v) is 6.55. The molecule has 1 atom stereocenters.